The summed E-state index contributed by atoms with van der Waals surface area (Å²) in [6.45, 7) is 2.94. The third-order valence-electron chi connectivity index (χ3n) is 6.24. The van der Waals surface area contributed by atoms with Crippen molar-refractivity contribution in [1.29, 1.82) is 0 Å². The molecule has 0 bridgehead atoms. The second-order valence-corrected chi connectivity index (χ2v) is 8.69. The molecule has 6 rings (SSSR count). The summed E-state index contributed by atoms with van der Waals surface area (Å²) in [7, 11) is 1.92. The highest BCUT2D eigenvalue weighted by atomic mass is 16.5. The number of aryl methyl sites for hydroxylation is 1. The van der Waals surface area contributed by atoms with Crippen molar-refractivity contribution in [3.05, 3.63) is 72.4 Å². The molecular weight excluding hydrogens is 400 g/mol. The highest BCUT2D eigenvalue weighted by Crippen LogP contribution is 2.32. The van der Waals surface area contributed by atoms with Crippen molar-refractivity contribution >= 4 is 16.6 Å². The van der Waals surface area contributed by atoms with Gasteiger partial charge in [-0.25, -0.2) is 4.52 Å². The second kappa shape index (κ2) is 7.44. The molecule has 4 aromatic heterocycles. The minimum atomic E-state index is 0.130. The zero-order valence-electron chi connectivity index (χ0n) is 18.1. The van der Waals surface area contributed by atoms with E-state index in [1.807, 2.05) is 48.6 Å². The van der Waals surface area contributed by atoms with Crippen LogP contribution in [0.5, 0.6) is 5.88 Å². The number of hydrogen-bond donors (Lipinski definition) is 0. The fraction of sp³-hybridized carbons (Fsp3) is 0.280. The van der Waals surface area contributed by atoms with Crippen LogP contribution in [0.2, 0.25) is 0 Å². The van der Waals surface area contributed by atoms with Crippen LogP contribution in [0.25, 0.3) is 27.7 Å². The number of ether oxygens (including phenoxy) is 1. The van der Waals surface area contributed by atoms with E-state index in [-0.39, 0.29) is 5.92 Å². The number of hydrogen-bond acceptors (Lipinski definition) is 5. The first-order chi connectivity index (χ1) is 15.6. The van der Waals surface area contributed by atoms with Crippen LogP contribution in [-0.4, -0.2) is 36.0 Å². The van der Waals surface area contributed by atoms with Gasteiger partial charge in [-0.1, -0.05) is 13.0 Å². The first-order valence-electron chi connectivity index (χ1n) is 11.0. The summed E-state index contributed by atoms with van der Waals surface area (Å²) in [5, 5.41) is 9.89. The van der Waals surface area contributed by atoms with E-state index >= 15 is 0 Å². The van der Waals surface area contributed by atoms with Gasteiger partial charge in [0.15, 0.2) is 5.65 Å². The van der Waals surface area contributed by atoms with Gasteiger partial charge in [0.1, 0.15) is 0 Å². The molecule has 5 aromatic rings. The van der Waals surface area contributed by atoms with E-state index in [4.69, 9.17) is 9.72 Å². The molecule has 0 spiro atoms. The molecule has 0 aliphatic heterocycles. The Morgan fingerprint density at radius 3 is 2.78 bits per heavy atom. The Hall–Kier alpha value is -3.74. The van der Waals surface area contributed by atoms with E-state index < -0.39 is 0 Å². The highest BCUT2D eigenvalue weighted by molar-refractivity contribution is 5.84. The van der Waals surface area contributed by atoms with E-state index in [9.17, 15) is 0 Å². The summed E-state index contributed by atoms with van der Waals surface area (Å²) in [4.78, 5) is 9.41. The highest BCUT2D eigenvalue weighted by Gasteiger charge is 2.22. The van der Waals surface area contributed by atoms with Crippen LogP contribution >= 0.6 is 0 Å². The summed E-state index contributed by atoms with van der Waals surface area (Å²) in [5.41, 5.74) is 6.22. The van der Waals surface area contributed by atoms with Gasteiger partial charge in [0.25, 0.3) is 0 Å². The molecule has 0 radical (unpaired) electrons. The van der Waals surface area contributed by atoms with Crippen molar-refractivity contribution in [1.82, 2.24) is 29.4 Å². The van der Waals surface area contributed by atoms with Gasteiger partial charge in [0, 0.05) is 59.7 Å². The molecule has 7 heteroatoms. The third-order valence-corrected chi connectivity index (χ3v) is 6.24. The van der Waals surface area contributed by atoms with Crippen LogP contribution < -0.4 is 4.74 Å². The van der Waals surface area contributed by atoms with Crippen molar-refractivity contribution in [3.63, 3.8) is 0 Å². The van der Waals surface area contributed by atoms with Crippen LogP contribution in [0, 0.1) is 5.92 Å². The lowest BCUT2D eigenvalue weighted by atomic mass is 9.93. The number of nitrogens with zero attached hydrogens (tertiary/aromatic N) is 6. The second-order valence-electron chi connectivity index (χ2n) is 8.69. The van der Waals surface area contributed by atoms with E-state index in [1.165, 1.54) is 18.4 Å². The predicted molar refractivity (Wildman–Crippen MR) is 123 cm³/mol. The lowest BCUT2D eigenvalue weighted by Gasteiger charge is -2.12. The molecule has 1 saturated carbocycles. The van der Waals surface area contributed by atoms with Crippen LogP contribution in [-0.2, 0) is 7.05 Å². The Balaban J connectivity index is 1.34. The lowest BCUT2D eigenvalue weighted by Crippen LogP contribution is -2.03. The molecule has 32 heavy (non-hydrogen) atoms. The summed E-state index contributed by atoms with van der Waals surface area (Å²) in [5.74, 6) is 1.49. The summed E-state index contributed by atoms with van der Waals surface area (Å²) in [6.07, 6.45) is 12.1. The fourth-order valence-electron chi connectivity index (χ4n) is 4.07. The Labute approximate surface area is 185 Å². The first-order valence-corrected chi connectivity index (χ1v) is 11.0. The van der Waals surface area contributed by atoms with Crippen molar-refractivity contribution in [2.24, 2.45) is 13.0 Å². The third kappa shape index (κ3) is 3.49. The van der Waals surface area contributed by atoms with Gasteiger partial charge in [-0.05, 0) is 42.5 Å². The molecule has 7 nitrogen and oxygen atoms in total. The molecular formula is C25H24N6O. The average molecular weight is 425 g/mol. The molecule has 0 N–H and O–H groups in total. The van der Waals surface area contributed by atoms with Crippen molar-refractivity contribution < 1.29 is 4.74 Å². The maximum absolute atomic E-state index is 5.90. The number of pyridine rings is 1. The van der Waals surface area contributed by atoms with Gasteiger partial charge in [0.2, 0.25) is 5.88 Å². The van der Waals surface area contributed by atoms with Crippen molar-refractivity contribution in [3.8, 4) is 17.0 Å². The quantitative estimate of drug-likeness (QED) is 0.398. The van der Waals surface area contributed by atoms with Crippen molar-refractivity contribution in [2.75, 3.05) is 6.61 Å². The number of aromatic nitrogens is 6. The zero-order valence-corrected chi connectivity index (χ0v) is 18.1. The minimum Gasteiger partial charge on any atom is -0.477 e. The molecule has 1 atom stereocenters. The minimum absolute atomic E-state index is 0.130. The molecule has 1 fully saturated rings. The Bertz CT molecular complexity index is 1430. The lowest BCUT2D eigenvalue weighted by molar-refractivity contribution is 0.288. The predicted octanol–water partition coefficient (Wildman–Crippen LogP) is 4.62. The number of fused-ring (bicyclic) bond motifs is 2. The van der Waals surface area contributed by atoms with E-state index in [2.05, 4.69) is 46.4 Å². The number of rotatable bonds is 6. The Kier molecular flexibility index (Phi) is 4.41. The van der Waals surface area contributed by atoms with E-state index in [0.29, 0.717) is 11.8 Å². The van der Waals surface area contributed by atoms with Crippen molar-refractivity contribution in [2.45, 2.75) is 25.7 Å². The number of benzene rings is 1. The largest absolute Gasteiger partial charge is 0.477 e. The molecule has 1 aromatic carbocycles. The topological polar surface area (TPSA) is 70.1 Å². The summed E-state index contributed by atoms with van der Waals surface area (Å²) in [6, 6.07) is 10.5. The smallest absolute Gasteiger partial charge is 0.216 e. The Morgan fingerprint density at radius 1 is 1.06 bits per heavy atom. The molecule has 1 unspecified atom stereocenters. The van der Waals surface area contributed by atoms with Crippen LogP contribution in [0.1, 0.15) is 36.8 Å². The van der Waals surface area contributed by atoms with E-state index in [1.54, 1.807) is 4.68 Å². The molecule has 0 saturated heterocycles. The van der Waals surface area contributed by atoms with Gasteiger partial charge in [0.05, 0.1) is 24.5 Å². The van der Waals surface area contributed by atoms with Crippen LogP contribution in [0.15, 0.2) is 61.3 Å². The average Bonchev–Trinajstić information content (AvgIpc) is 3.40. The van der Waals surface area contributed by atoms with Crippen LogP contribution in [0.4, 0.5) is 0 Å². The van der Waals surface area contributed by atoms with E-state index in [0.717, 1.165) is 39.8 Å². The summed E-state index contributed by atoms with van der Waals surface area (Å²) >= 11 is 0. The van der Waals surface area contributed by atoms with Gasteiger partial charge in [-0.15, -0.1) is 0 Å². The molecule has 160 valence electrons. The van der Waals surface area contributed by atoms with Gasteiger partial charge in [-0.3, -0.25) is 9.67 Å². The molecule has 4 heterocycles. The standard InChI is InChI=1S/C25H24N6O/c1-16(22-13-28-31-8-7-24(29-25(22)31)32-15-17-3-4-17)18-5-6-23-19(9-18)10-20(11-26-23)21-12-27-30(2)14-21/h5-14,16-17H,3-4,15H2,1-2H3. The first kappa shape index (κ1) is 19.0. The zero-order chi connectivity index (χ0) is 21.7. The fourth-order valence-corrected chi connectivity index (χ4v) is 4.07. The maximum Gasteiger partial charge on any atom is 0.216 e. The van der Waals surface area contributed by atoms with Crippen LogP contribution in [0.3, 0.4) is 0 Å². The maximum atomic E-state index is 5.90. The Morgan fingerprint density at radius 2 is 1.97 bits per heavy atom. The molecule has 0 amide bonds. The normalized spacial score (nSPS) is 14.8. The summed E-state index contributed by atoms with van der Waals surface area (Å²) < 4.78 is 9.52. The van der Waals surface area contributed by atoms with Gasteiger partial charge < -0.3 is 4.74 Å². The molecule has 1 aliphatic rings. The monoisotopic (exact) mass is 424 g/mol. The molecule has 1 aliphatic carbocycles. The van der Waals surface area contributed by atoms with Gasteiger partial charge >= 0.3 is 0 Å². The SMILES string of the molecule is CC(c1ccc2ncc(-c3cnn(C)c3)cc2c1)c1cnn2ccc(OCC3CC3)nc12. The van der Waals surface area contributed by atoms with Gasteiger partial charge in [-0.2, -0.15) is 15.2 Å².